The van der Waals surface area contributed by atoms with E-state index in [1.54, 1.807) is 0 Å². The van der Waals surface area contributed by atoms with Crippen LogP contribution >= 0.6 is 11.8 Å². The first-order chi connectivity index (χ1) is 21.8. The first kappa shape index (κ1) is 25.1. The molecule has 208 valence electrons. The molecule has 4 nitrogen and oxygen atoms in total. The number of para-hydroxylation sites is 1. The van der Waals surface area contributed by atoms with Crippen LogP contribution in [0.15, 0.2) is 153 Å². The smallest absolute Gasteiger partial charge is 0.234 e. The summed E-state index contributed by atoms with van der Waals surface area (Å²) in [6, 6.07) is 46.9. The van der Waals surface area contributed by atoms with Crippen LogP contribution in [-0.4, -0.2) is 16.4 Å². The summed E-state index contributed by atoms with van der Waals surface area (Å²) in [5.41, 5.74) is 6.77. The van der Waals surface area contributed by atoms with Gasteiger partial charge >= 0.3 is 0 Å². The Balaban J connectivity index is 1.28. The van der Waals surface area contributed by atoms with Crippen LogP contribution in [0.2, 0.25) is 0 Å². The molecule has 1 aromatic heterocycles. The largest absolute Gasteiger partial charge is 0.344 e. The van der Waals surface area contributed by atoms with Crippen molar-refractivity contribution in [3.05, 3.63) is 156 Å². The summed E-state index contributed by atoms with van der Waals surface area (Å²) in [5.74, 6) is 1.48. The first-order valence-electron chi connectivity index (χ1n) is 14.8. The quantitative estimate of drug-likeness (QED) is 0.221. The predicted octanol–water partition coefficient (Wildman–Crippen LogP) is 9.54. The van der Waals surface area contributed by atoms with Crippen molar-refractivity contribution in [2.75, 3.05) is 0 Å². The second-order valence-electron chi connectivity index (χ2n) is 11.1. The highest BCUT2D eigenvalue weighted by Crippen LogP contribution is 2.45. The van der Waals surface area contributed by atoms with Gasteiger partial charge in [-0.3, -0.25) is 4.57 Å². The van der Waals surface area contributed by atoms with Crippen molar-refractivity contribution >= 4 is 68.3 Å². The minimum atomic E-state index is -0.269. The van der Waals surface area contributed by atoms with E-state index in [9.17, 15) is 0 Å². The molecule has 0 saturated heterocycles. The van der Waals surface area contributed by atoms with Crippen molar-refractivity contribution < 1.29 is 0 Å². The molecule has 1 N–H and O–H groups in total. The average molecular weight is 583 g/mol. The number of benzene rings is 6. The van der Waals surface area contributed by atoms with E-state index in [2.05, 4.69) is 131 Å². The summed E-state index contributed by atoms with van der Waals surface area (Å²) >= 11 is 1.86. The summed E-state index contributed by atoms with van der Waals surface area (Å²) in [4.78, 5) is 12.9. The van der Waals surface area contributed by atoms with Crippen LogP contribution in [0.25, 0.3) is 44.7 Å². The monoisotopic (exact) mass is 582 g/mol. The Morgan fingerprint density at radius 3 is 2.25 bits per heavy atom. The van der Waals surface area contributed by atoms with Gasteiger partial charge < -0.3 is 5.32 Å². The molecule has 7 aromatic rings. The fraction of sp³-hybridized carbons (Fsp3) is 0.0256. The summed E-state index contributed by atoms with van der Waals surface area (Å²) in [5, 5.41) is 8.54. The van der Waals surface area contributed by atoms with Gasteiger partial charge in [-0.25, -0.2) is 4.99 Å². The number of amidine groups is 1. The maximum Gasteiger partial charge on any atom is 0.234 e. The third kappa shape index (κ3) is 4.01. The number of nitrogens with zero attached hydrogens (tertiary/aromatic N) is 3. The highest BCUT2D eigenvalue weighted by molar-refractivity contribution is 7.99. The Labute approximate surface area is 259 Å². The molecule has 0 amide bonds. The summed E-state index contributed by atoms with van der Waals surface area (Å²) in [6.45, 7) is 0. The van der Waals surface area contributed by atoms with E-state index in [0.29, 0.717) is 5.96 Å². The molecule has 2 aliphatic heterocycles. The van der Waals surface area contributed by atoms with Gasteiger partial charge in [0.05, 0.1) is 11.0 Å². The van der Waals surface area contributed by atoms with Gasteiger partial charge in [-0.1, -0.05) is 139 Å². The number of hydrogen-bond acceptors (Lipinski definition) is 4. The van der Waals surface area contributed by atoms with Crippen molar-refractivity contribution in [3.8, 4) is 0 Å². The maximum atomic E-state index is 5.23. The molecule has 0 bridgehead atoms. The van der Waals surface area contributed by atoms with E-state index >= 15 is 0 Å². The molecule has 2 aliphatic rings. The second kappa shape index (κ2) is 10.1. The molecule has 0 saturated carbocycles. The molecular formula is C39H26N4S. The van der Waals surface area contributed by atoms with Crippen molar-refractivity contribution in [2.24, 2.45) is 9.98 Å². The zero-order valence-electron chi connectivity index (χ0n) is 23.7. The average Bonchev–Trinajstić information content (AvgIpc) is 3.30. The van der Waals surface area contributed by atoms with E-state index < -0.39 is 0 Å². The Morgan fingerprint density at radius 1 is 0.636 bits per heavy atom. The van der Waals surface area contributed by atoms with Gasteiger partial charge in [-0.05, 0) is 45.7 Å². The van der Waals surface area contributed by atoms with Crippen molar-refractivity contribution in [1.82, 2.24) is 9.88 Å². The van der Waals surface area contributed by atoms with Crippen LogP contribution in [-0.2, 0) is 0 Å². The molecule has 3 heterocycles. The fourth-order valence-corrected chi connectivity index (χ4v) is 7.60. The maximum absolute atomic E-state index is 5.23. The van der Waals surface area contributed by atoms with Gasteiger partial charge in [-0.15, -0.1) is 0 Å². The third-order valence-electron chi connectivity index (χ3n) is 8.48. The van der Waals surface area contributed by atoms with E-state index in [4.69, 9.17) is 9.98 Å². The lowest BCUT2D eigenvalue weighted by molar-refractivity contribution is 0.668. The van der Waals surface area contributed by atoms with Gasteiger partial charge in [-0.2, -0.15) is 4.99 Å². The summed E-state index contributed by atoms with van der Waals surface area (Å²) < 4.78 is 2.23. The molecular weight excluding hydrogens is 557 g/mol. The van der Waals surface area contributed by atoms with Crippen molar-refractivity contribution in [1.29, 1.82) is 0 Å². The van der Waals surface area contributed by atoms with Crippen molar-refractivity contribution in [2.45, 2.75) is 16.0 Å². The van der Waals surface area contributed by atoms with Gasteiger partial charge in [0.1, 0.15) is 12.0 Å². The first-order valence-corrected chi connectivity index (χ1v) is 15.6. The Hall–Kier alpha value is -5.39. The predicted molar refractivity (Wildman–Crippen MR) is 185 cm³/mol. The number of fused-ring (bicyclic) bond motifs is 8. The molecule has 5 heteroatoms. The molecule has 0 fully saturated rings. The highest BCUT2D eigenvalue weighted by Gasteiger charge is 2.25. The van der Waals surface area contributed by atoms with E-state index in [1.807, 2.05) is 36.0 Å². The van der Waals surface area contributed by atoms with Crippen LogP contribution in [0.5, 0.6) is 0 Å². The summed E-state index contributed by atoms with van der Waals surface area (Å²) in [6.07, 6.45) is 4.29. The zero-order valence-corrected chi connectivity index (χ0v) is 24.5. The number of hydrogen-bond donors (Lipinski definition) is 1. The van der Waals surface area contributed by atoms with Crippen molar-refractivity contribution in [3.63, 3.8) is 0 Å². The molecule has 1 atom stereocenters. The molecule has 0 radical (unpaired) electrons. The molecule has 6 aromatic carbocycles. The van der Waals surface area contributed by atoms with E-state index in [1.165, 1.54) is 42.5 Å². The van der Waals surface area contributed by atoms with Gasteiger partial charge in [0.25, 0.3) is 0 Å². The van der Waals surface area contributed by atoms with Crippen LogP contribution in [0.4, 0.5) is 0 Å². The molecule has 1 unspecified atom stereocenters. The lowest BCUT2D eigenvalue weighted by atomic mass is 10.0. The highest BCUT2D eigenvalue weighted by atomic mass is 32.2. The molecule has 0 spiro atoms. The summed E-state index contributed by atoms with van der Waals surface area (Å²) in [7, 11) is 0. The molecule has 0 aliphatic carbocycles. The lowest BCUT2D eigenvalue weighted by Crippen LogP contribution is -2.35. The minimum absolute atomic E-state index is 0.269. The lowest BCUT2D eigenvalue weighted by Gasteiger charge is -2.24. The number of rotatable bonds is 2. The van der Waals surface area contributed by atoms with Crippen LogP contribution in [0.1, 0.15) is 28.4 Å². The Morgan fingerprint density at radius 2 is 1.39 bits per heavy atom. The van der Waals surface area contributed by atoms with Crippen LogP contribution < -0.4 is 5.32 Å². The zero-order chi connectivity index (χ0) is 29.0. The Bertz CT molecular complexity index is 2330. The molecule has 44 heavy (non-hydrogen) atoms. The minimum Gasteiger partial charge on any atom is -0.344 e. The fourth-order valence-electron chi connectivity index (χ4n) is 6.41. The van der Waals surface area contributed by atoms with E-state index in [-0.39, 0.29) is 6.17 Å². The number of aromatic nitrogens is 1. The van der Waals surface area contributed by atoms with Gasteiger partial charge in [0.2, 0.25) is 5.96 Å². The van der Waals surface area contributed by atoms with Gasteiger partial charge in [0, 0.05) is 26.1 Å². The number of aliphatic imine (C=N–C) groups is 2. The topological polar surface area (TPSA) is 41.7 Å². The Kier molecular flexibility index (Phi) is 5.78. The SMILES string of the molecule is C1=Cc2c(ccc3c2c2ccccc2n3C2=NC(c3ccccc3)NC(c3ccccc3)=N2)Sc2c1ccc1ccccc21. The van der Waals surface area contributed by atoms with Crippen LogP contribution in [0, 0.1) is 0 Å². The standard InChI is InChI=1S/C39H26N4S/c1-3-12-27(13-4-1)37-40-38(28-14-5-2-6-15-28)42-39(41-37)43-32-18-10-9-17-30(32)35-31-22-21-26-20-19-25-11-7-8-16-29(25)36(26)44-34(31)24-23-33(35)43/h1-24,37H,(H,40,41,42). The number of nitrogens with one attached hydrogen (secondary N) is 1. The second-order valence-corrected chi connectivity index (χ2v) is 12.1. The van der Waals surface area contributed by atoms with Crippen LogP contribution in [0.3, 0.4) is 0 Å². The molecule has 9 rings (SSSR count). The van der Waals surface area contributed by atoms with Gasteiger partial charge in [0.15, 0.2) is 0 Å². The third-order valence-corrected chi connectivity index (χ3v) is 9.72. The van der Waals surface area contributed by atoms with E-state index in [0.717, 1.165) is 28.0 Å². The normalized spacial score (nSPS) is 15.8.